The zero-order chi connectivity index (χ0) is 18.6. The third kappa shape index (κ3) is 3.97. The molecule has 5 heteroatoms. The summed E-state index contributed by atoms with van der Waals surface area (Å²) in [4.78, 5) is 26.1. The number of amides is 2. The fourth-order valence-corrected chi connectivity index (χ4v) is 3.95. The molecule has 2 amide bonds. The second-order valence-electron chi connectivity index (χ2n) is 7.15. The molecule has 1 aliphatic carbocycles. The van der Waals surface area contributed by atoms with Crippen molar-refractivity contribution in [3.05, 3.63) is 59.7 Å². The van der Waals surface area contributed by atoms with Crippen LogP contribution >= 0.6 is 0 Å². The Morgan fingerprint density at radius 2 is 2.00 bits per heavy atom. The number of carbonyl (C=O) groups is 2. The van der Waals surface area contributed by atoms with E-state index in [1.807, 2.05) is 36.4 Å². The Bertz CT molecular complexity index is 849. The topological polar surface area (TPSA) is 58.6 Å². The number of anilines is 1. The number of fused-ring (bicyclic) bond motifs is 1. The van der Waals surface area contributed by atoms with Crippen LogP contribution in [0.4, 0.5) is 5.69 Å². The summed E-state index contributed by atoms with van der Waals surface area (Å²) in [6.07, 6.45) is 4.58. The van der Waals surface area contributed by atoms with Gasteiger partial charge in [0.1, 0.15) is 5.75 Å². The maximum Gasteiger partial charge on any atom is 0.258 e. The minimum atomic E-state index is -0.126. The van der Waals surface area contributed by atoms with Gasteiger partial charge < -0.3 is 15.0 Å². The first-order valence-electron chi connectivity index (χ1n) is 9.61. The molecule has 1 fully saturated rings. The molecule has 4 rings (SSSR count). The zero-order valence-corrected chi connectivity index (χ0v) is 15.3. The summed E-state index contributed by atoms with van der Waals surface area (Å²) in [5.41, 5.74) is 3.36. The molecule has 0 aromatic heterocycles. The lowest BCUT2D eigenvalue weighted by molar-refractivity contribution is -0.124. The first-order valence-corrected chi connectivity index (χ1v) is 9.61. The highest BCUT2D eigenvalue weighted by atomic mass is 16.5. The van der Waals surface area contributed by atoms with Gasteiger partial charge in [0.15, 0.2) is 6.61 Å². The van der Waals surface area contributed by atoms with E-state index in [0.717, 1.165) is 37.9 Å². The minimum Gasteiger partial charge on any atom is -0.484 e. The number of ether oxygens (including phenoxy) is 1. The van der Waals surface area contributed by atoms with E-state index in [0.29, 0.717) is 12.2 Å². The summed E-state index contributed by atoms with van der Waals surface area (Å²) < 4.78 is 5.68. The van der Waals surface area contributed by atoms with E-state index in [4.69, 9.17) is 4.74 Å². The molecule has 140 valence electrons. The summed E-state index contributed by atoms with van der Waals surface area (Å²) in [7, 11) is 0. The van der Waals surface area contributed by atoms with Gasteiger partial charge in [-0.05, 0) is 48.9 Å². The molecule has 1 atom stereocenters. The van der Waals surface area contributed by atoms with Crippen LogP contribution in [0.2, 0.25) is 0 Å². The number of rotatable bonds is 5. The van der Waals surface area contributed by atoms with Crippen molar-refractivity contribution in [1.29, 1.82) is 0 Å². The predicted molar refractivity (Wildman–Crippen MR) is 104 cm³/mol. The first kappa shape index (κ1) is 17.6. The Morgan fingerprint density at radius 1 is 1.11 bits per heavy atom. The maximum absolute atomic E-state index is 12.4. The molecule has 1 heterocycles. The lowest BCUT2D eigenvalue weighted by atomic mass is 9.88. The van der Waals surface area contributed by atoms with Crippen LogP contribution in [0, 0.1) is 0 Å². The van der Waals surface area contributed by atoms with Gasteiger partial charge in [-0.25, -0.2) is 0 Å². The van der Waals surface area contributed by atoms with Crippen molar-refractivity contribution in [3.63, 3.8) is 0 Å². The molecule has 2 aliphatic rings. The van der Waals surface area contributed by atoms with Gasteiger partial charge in [-0.3, -0.25) is 9.59 Å². The Hall–Kier alpha value is -2.82. The fourth-order valence-electron chi connectivity index (χ4n) is 3.95. The third-order valence-corrected chi connectivity index (χ3v) is 5.28. The molecule has 0 bridgehead atoms. The van der Waals surface area contributed by atoms with Crippen LogP contribution < -0.4 is 15.0 Å². The fraction of sp³-hybridized carbons (Fsp3) is 0.364. The molecule has 1 unspecified atom stereocenters. The van der Waals surface area contributed by atoms with E-state index in [1.54, 1.807) is 4.90 Å². The summed E-state index contributed by atoms with van der Waals surface area (Å²) in [6, 6.07) is 15.7. The standard InChI is InChI=1S/C22H24N2O3/c25-21(23-20-11-3-7-16-6-1-2-10-19(16)20)15-27-18-9-4-8-17(14-18)24-13-5-12-22(24)26/h1-2,4,6,8-10,14,20H,3,5,7,11-13,15H2,(H,23,25). The average Bonchev–Trinajstić information content (AvgIpc) is 3.13. The SMILES string of the molecule is O=C(COc1cccc(N2CCCC2=O)c1)NC1CCCc2ccccc21. The van der Waals surface area contributed by atoms with Crippen molar-refractivity contribution >= 4 is 17.5 Å². The summed E-state index contributed by atoms with van der Waals surface area (Å²) >= 11 is 0. The normalized spacial score (nSPS) is 18.9. The Morgan fingerprint density at radius 3 is 2.85 bits per heavy atom. The number of nitrogens with one attached hydrogen (secondary N) is 1. The number of nitrogens with zero attached hydrogens (tertiary/aromatic N) is 1. The first-order chi connectivity index (χ1) is 13.2. The van der Waals surface area contributed by atoms with E-state index in [-0.39, 0.29) is 24.5 Å². The van der Waals surface area contributed by atoms with Gasteiger partial charge in [0, 0.05) is 24.7 Å². The lowest BCUT2D eigenvalue weighted by Crippen LogP contribution is -2.34. The van der Waals surface area contributed by atoms with Crippen molar-refractivity contribution in [1.82, 2.24) is 5.32 Å². The quantitative estimate of drug-likeness (QED) is 0.885. The van der Waals surface area contributed by atoms with Gasteiger partial charge >= 0.3 is 0 Å². The van der Waals surface area contributed by atoms with Gasteiger partial charge in [0.05, 0.1) is 6.04 Å². The monoisotopic (exact) mass is 364 g/mol. The molecule has 0 spiro atoms. The predicted octanol–water partition coefficient (Wildman–Crippen LogP) is 3.39. The summed E-state index contributed by atoms with van der Waals surface area (Å²) in [6.45, 7) is 0.708. The second kappa shape index (κ2) is 7.82. The van der Waals surface area contributed by atoms with Gasteiger partial charge in [-0.15, -0.1) is 0 Å². The van der Waals surface area contributed by atoms with Crippen molar-refractivity contribution in [3.8, 4) is 5.75 Å². The molecule has 2 aromatic rings. The highest BCUT2D eigenvalue weighted by Crippen LogP contribution is 2.29. The molecule has 5 nitrogen and oxygen atoms in total. The molecule has 0 radical (unpaired) electrons. The lowest BCUT2D eigenvalue weighted by Gasteiger charge is -2.26. The van der Waals surface area contributed by atoms with Crippen molar-refractivity contribution < 1.29 is 14.3 Å². The van der Waals surface area contributed by atoms with Gasteiger partial charge in [-0.2, -0.15) is 0 Å². The number of hydrogen-bond acceptors (Lipinski definition) is 3. The molecular weight excluding hydrogens is 340 g/mol. The maximum atomic E-state index is 12.4. The summed E-state index contributed by atoms with van der Waals surface area (Å²) in [5, 5.41) is 3.09. The molecule has 0 saturated carbocycles. The van der Waals surface area contributed by atoms with Crippen molar-refractivity contribution in [2.45, 2.75) is 38.1 Å². The highest BCUT2D eigenvalue weighted by Gasteiger charge is 2.23. The third-order valence-electron chi connectivity index (χ3n) is 5.28. The van der Waals surface area contributed by atoms with E-state index in [9.17, 15) is 9.59 Å². The largest absolute Gasteiger partial charge is 0.484 e. The number of hydrogen-bond donors (Lipinski definition) is 1. The van der Waals surface area contributed by atoms with Crippen molar-refractivity contribution in [2.24, 2.45) is 0 Å². The van der Waals surface area contributed by atoms with Crippen LogP contribution in [0.1, 0.15) is 42.9 Å². The van der Waals surface area contributed by atoms with Crippen LogP contribution in [-0.2, 0) is 16.0 Å². The van der Waals surface area contributed by atoms with Crippen LogP contribution in [0.5, 0.6) is 5.75 Å². The van der Waals surface area contributed by atoms with E-state index >= 15 is 0 Å². The second-order valence-corrected chi connectivity index (χ2v) is 7.15. The summed E-state index contributed by atoms with van der Waals surface area (Å²) in [5.74, 6) is 0.617. The molecular formula is C22H24N2O3. The Labute approximate surface area is 159 Å². The van der Waals surface area contributed by atoms with Gasteiger partial charge in [-0.1, -0.05) is 30.3 Å². The molecule has 1 N–H and O–H groups in total. The molecule has 27 heavy (non-hydrogen) atoms. The van der Waals surface area contributed by atoms with Crippen LogP contribution in [0.25, 0.3) is 0 Å². The molecule has 1 saturated heterocycles. The minimum absolute atomic E-state index is 0.0317. The number of aryl methyl sites for hydroxylation is 1. The van der Waals surface area contributed by atoms with E-state index in [2.05, 4.69) is 17.4 Å². The van der Waals surface area contributed by atoms with E-state index < -0.39 is 0 Å². The smallest absolute Gasteiger partial charge is 0.258 e. The Balaban J connectivity index is 1.36. The molecule has 1 aliphatic heterocycles. The van der Waals surface area contributed by atoms with Crippen LogP contribution in [-0.4, -0.2) is 25.0 Å². The molecule has 2 aromatic carbocycles. The number of carbonyl (C=O) groups excluding carboxylic acids is 2. The zero-order valence-electron chi connectivity index (χ0n) is 15.3. The Kier molecular flexibility index (Phi) is 5.10. The average molecular weight is 364 g/mol. The van der Waals surface area contributed by atoms with Crippen LogP contribution in [0.3, 0.4) is 0 Å². The van der Waals surface area contributed by atoms with Gasteiger partial charge in [0.2, 0.25) is 5.91 Å². The number of benzene rings is 2. The van der Waals surface area contributed by atoms with Gasteiger partial charge in [0.25, 0.3) is 5.91 Å². The van der Waals surface area contributed by atoms with E-state index in [1.165, 1.54) is 11.1 Å². The van der Waals surface area contributed by atoms with Crippen molar-refractivity contribution in [2.75, 3.05) is 18.1 Å². The highest BCUT2D eigenvalue weighted by molar-refractivity contribution is 5.95. The van der Waals surface area contributed by atoms with Crippen LogP contribution in [0.15, 0.2) is 48.5 Å².